The number of hydrogen-bond donors (Lipinski definition) is 0. The van der Waals surface area contributed by atoms with Gasteiger partial charge >= 0.3 is 0 Å². The number of methoxy groups -OCH3 is 1. The first-order chi connectivity index (χ1) is 15.0. The Labute approximate surface area is 184 Å². The molecule has 1 fully saturated rings. The van der Waals surface area contributed by atoms with Crippen LogP contribution in [-0.4, -0.2) is 53.9 Å². The van der Waals surface area contributed by atoms with Gasteiger partial charge in [-0.1, -0.05) is 30.3 Å². The number of nitrogens with zero attached hydrogens (tertiary/aromatic N) is 3. The number of non-ortho nitro benzene ring substituents is 1. The van der Waals surface area contributed by atoms with E-state index >= 15 is 0 Å². The number of benzene rings is 2. The summed E-state index contributed by atoms with van der Waals surface area (Å²) in [5.41, 5.74) is 1.34. The number of thiophene rings is 1. The molecule has 31 heavy (non-hydrogen) atoms. The molecule has 0 spiro atoms. The predicted octanol–water partition coefficient (Wildman–Crippen LogP) is 4.29. The van der Waals surface area contributed by atoms with E-state index in [9.17, 15) is 14.9 Å². The molecule has 0 atom stereocenters. The van der Waals surface area contributed by atoms with E-state index in [2.05, 4.69) is 29.2 Å². The Morgan fingerprint density at radius 2 is 1.81 bits per heavy atom. The van der Waals surface area contributed by atoms with Crippen LogP contribution in [0.15, 0.2) is 60.7 Å². The molecule has 1 amide bonds. The van der Waals surface area contributed by atoms with E-state index in [1.807, 2.05) is 18.2 Å². The summed E-state index contributed by atoms with van der Waals surface area (Å²) in [6, 6.07) is 18.8. The summed E-state index contributed by atoms with van der Waals surface area (Å²) in [5.74, 6) is 0.118. The predicted molar refractivity (Wildman–Crippen MR) is 121 cm³/mol. The molecule has 8 heteroatoms. The summed E-state index contributed by atoms with van der Waals surface area (Å²) in [6.45, 7) is 3.49. The van der Waals surface area contributed by atoms with Crippen LogP contribution in [0, 0.1) is 10.1 Å². The van der Waals surface area contributed by atoms with Crippen LogP contribution in [0.4, 0.5) is 5.69 Å². The second-order valence-corrected chi connectivity index (χ2v) is 8.51. The highest BCUT2D eigenvalue weighted by Crippen LogP contribution is 2.29. The zero-order valence-corrected chi connectivity index (χ0v) is 18.0. The topological polar surface area (TPSA) is 75.9 Å². The third-order valence-electron chi connectivity index (χ3n) is 5.38. The molecule has 3 aromatic rings. The first kappa shape index (κ1) is 21.0. The third-order valence-corrected chi connectivity index (χ3v) is 6.50. The Morgan fingerprint density at radius 1 is 1.06 bits per heavy atom. The van der Waals surface area contributed by atoms with Gasteiger partial charge in [0.2, 0.25) is 0 Å². The van der Waals surface area contributed by atoms with Crippen molar-refractivity contribution in [1.82, 2.24) is 9.80 Å². The minimum absolute atomic E-state index is 0.116. The van der Waals surface area contributed by atoms with Crippen LogP contribution in [0.2, 0.25) is 0 Å². The van der Waals surface area contributed by atoms with Gasteiger partial charge in [0.1, 0.15) is 5.75 Å². The fourth-order valence-corrected chi connectivity index (χ4v) is 4.75. The molecule has 1 aromatic heterocycles. The lowest BCUT2D eigenvalue weighted by Gasteiger charge is -2.34. The second kappa shape index (κ2) is 9.28. The van der Waals surface area contributed by atoms with Crippen molar-refractivity contribution in [1.29, 1.82) is 0 Å². The molecule has 0 bridgehead atoms. The molecule has 7 nitrogen and oxygen atoms in total. The maximum absolute atomic E-state index is 13.0. The summed E-state index contributed by atoms with van der Waals surface area (Å²) >= 11 is 1.79. The van der Waals surface area contributed by atoms with Crippen molar-refractivity contribution in [3.05, 3.63) is 81.2 Å². The largest absolute Gasteiger partial charge is 0.496 e. The number of amides is 1. The van der Waals surface area contributed by atoms with Crippen molar-refractivity contribution in [2.24, 2.45) is 0 Å². The van der Waals surface area contributed by atoms with Gasteiger partial charge in [0, 0.05) is 54.6 Å². The molecule has 1 aliphatic rings. The van der Waals surface area contributed by atoms with Gasteiger partial charge in [0.05, 0.1) is 17.6 Å². The fourth-order valence-electron chi connectivity index (χ4n) is 3.70. The van der Waals surface area contributed by atoms with Gasteiger partial charge in [0.15, 0.2) is 0 Å². The Kier molecular flexibility index (Phi) is 6.29. The molecule has 0 aliphatic carbocycles. The van der Waals surface area contributed by atoms with Gasteiger partial charge in [-0.15, -0.1) is 11.3 Å². The smallest absolute Gasteiger partial charge is 0.270 e. The molecule has 2 heterocycles. The molecule has 0 unspecified atom stereocenters. The Balaban J connectivity index is 1.38. The van der Waals surface area contributed by atoms with Crippen LogP contribution in [0.5, 0.6) is 5.75 Å². The molecule has 1 aliphatic heterocycles. The summed E-state index contributed by atoms with van der Waals surface area (Å²) in [4.78, 5) is 30.2. The minimum Gasteiger partial charge on any atom is -0.496 e. The fraction of sp³-hybridized carbons (Fsp3) is 0.261. The number of piperazine rings is 1. The third kappa shape index (κ3) is 4.76. The highest BCUT2D eigenvalue weighted by molar-refractivity contribution is 7.15. The standard InChI is InChI=1S/C23H23N3O4S/c1-30-21-9-7-18(26(28)29)15-20(21)23(27)25-13-11-24(12-14-25)16-19-8-10-22(31-19)17-5-3-2-4-6-17/h2-10,15H,11-14,16H2,1H3. The average Bonchev–Trinajstić information content (AvgIpc) is 3.27. The van der Waals surface area contributed by atoms with E-state index in [1.165, 1.54) is 40.6 Å². The van der Waals surface area contributed by atoms with Crippen LogP contribution in [0.25, 0.3) is 10.4 Å². The Bertz CT molecular complexity index is 1080. The summed E-state index contributed by atoms with van der Waals surface area (Å²) < 4.78 is 5.25. The van der Waals surface area contributed by atoms with Gasteiger partial charge in [-0.2, -0.15) is 0 Å². The van der Waals surface area contributed by atoms with Crippen molar-refractivity contribution < 1.29 is 14.5 Å². The maximum Gasteiger partial charge on any atom is 0.270 e. The highest BCUT2D eigenvalue weighted by Gasteiger charge is 2.26. The molecule has 4 rings (SSSR count). The van der Waals surface area contributed by atoms with E-state index in [1.54, 1.807) is 16.2 Å². The molecular formula is C23H23N3O4S. The zero-order chi connectivity index (χ0) is 21.8. The van der Waals surface area contributed by atoms with Gasteiger partial charge in [-0.25, -0.2) is 0 Å². The molecule has 160 valence electrons. The lowest BCUT2D eigenvalue weighted by Crippen LogP contribution is -2.48. The first-order valence-corrected chi connectivity index (χ1v) is 10.8. The number of carbonyl (C=O) groups is 1. The Hall–Kier alpha value is -3.23. The number of hydrogen-bond acceptors (Lipinski definition) is 6. The quantitative estimate of drug-likeness (QED) is 0.425. The van der Waals surface area contributed by atoms with Crippen LogP contribution < -0.4 is 4.74 Å². The van der Waals surface area contributed by atoms with Crippen molar-refractivity contribution >= 4 is 22.9 Å². The highest BCUT2D eigenvalue weighted by atomic mass is 32.1. The average molecular weight is 438 g/mol. The molecular weight excluding hydrogens is 414 g/mol. The number of nitro groups is 1. The molecule has 0 saturated carbocycles. The SMILES string of the molecule is COc1ccc([N+](=O)[O-])cc1C(=O)N1CCN(Cc2ccc(-c3ccccc3)s2)CC1. The van der Waals surface area contributed by atoms with E-state index in [0.717, 1.165) is 19.6 Å². The van der Waals surface area contributed by atoms with E-state index in [0.29, 0.717) is 18.8 Å². The van der Waals surface area contributed by atoms with Crippen LogP contribution in [0.3, 0.4) is 0 Å². The molecule has 1 saturated heterocycles. The van der Waals surface area contributed by atoms with E-state index in [-0.39, 0.29) is 17.2 Å². The molecule has 2 aromatic carbocycles. The maximum atomic E-state index is 13.0. The van der Waals surface area contributed by atoms with Crippen molar-refractivity contribution in [2.45, 2.75) is 6.54 Å². The summed E-state index contributed by atoms with van der Waals surface area (Å²) in [5, 5.41) is 11.1. The van der Waals surface area contributed by atoms with Gasteiger partial charge < -0.3 is 9.64 Å². The van der Waals surface area contributed by atoms with Crippen molar-refractivity contribution in [3.8, 4) is 16.2 Å². The number of ether oxygens (including phenoxy) is 1. The minimum atomic E-state index is -0.501. The van der Waals surface area contributed by atoms with Crippen molar-refractivity contribution in [3.63, 3.8) is 0 Å². The van der Waals surface area contributed by atoms with Crippen LogP contribution >= 0.6 is 11.3 Å². The number of carbonyl (C=O) groups excluding carboxylic acids is 1. The number of rotatable bonds is 6. The normalized spacial score (nSPS) is 14.4. The monoisotopic (exact) mass is 437 g/mol. The van der Waals surface area contributed by atoms with E-state index < -0.39 is 4.92 Å². The van der Waals surface area contributed by atoms with Crippen LogP contribution in [-0.2, 0) is 6.54 Å². The van der Waals surface area contributed by atoms with Gasteiger partial charge in [-0.05, 0) is 23.8 Å². The zero-order valence-electron chi connectivity index (χ0n) is 17.2. The summed E-state index contributed by atoms with van der Waals surface area (Å²) in [7, 11) is 1.46. The Morgan fingerprint density at radius 3 is 2.48 bits per heavy atom. The first-order valence-electron chi connectivity index (χ1n) is 10.0. The number of nitro benzene ring substituents is 1. The van der Waals surface area contributed by atoms with Gasteiger partial charge in [-0.3, -0.25) is 19.8 Å². The van der Waals surface area contributed by atoms with Crippen molar-refractivity contribution in [2.75, 3.05) is 33.3 Å². The lowest BCUT2D eigenvalue weighted by molar-refractivity contribution is -0.384. The molecule has 0 N–H and O–H groups in total. The second-order valence-electron chi connectivity index (χ2n) is 7.34. The molecule has 0 radical (unpaired) electrons. The summed E-state index contributed by atoms with van der Waals surface area (Å²) in [6.07, 6.45) is 0. The lowest BCUT2D eigenvalue weighted by atomic mass is 10.1. The van der Waals surface area contributed by atoms with Crippen LogP contribution in [0.1, 0.15) is 15.2 Å². The van der Waals surface area contributed by atoms with Gasteiger partial charge in [0.25, 0.3) is 11.6 Å². The van der Waals surface area contributed by atoms with E-state index in [4.69, 9.17) is 4.74 Å².